The third-order valence-electron chi connectivity index (χ3n) is 3.33. The third kappa shape index (κ3) is 5.77. The van der Waals surface area contributed by atoms with Crippen molar-refractivity contribution in [2.75, 3.05) is 19.1 Å². The minimum atomic E-state index is -1.05. The zero-order valence-corrected chi connectivity index (χ0v) is 16.3. The number of halogens is 1. The molecule has 0 amide bonds. The standard InChI is InChI=1S/C18H17BrN4O4/c1-11-5-13(9-26-2)14(7-20)18(22-11)23-21-8-12-3-4-16(15(19)6-12)27-10-17(24)25/h3-6,8H,9-10H2,1-2H3,(H,22,23)(H,24,25)/b21-8+. The van der Waals surface area contributed by atoms with E-state index in [9.17, 15) is 10.1 Å². The Kier molecular flexibility index (Phi) is 7.28. The fourth-order valence-electron chi connectivity index (χ4n) is 2.24. The Morgan fingerprint density at radius 2 is 2.26 bits per heavy atom. The molecule has 0 aliphatic heterocycles. The molecule has 0 bridgehead atoms. The number of aliphatic carboxylic acids is 1. The summed E-state index contributed by atoms with van der Waals surface area (Å²) in [5.41, 5.74) is 5.36. The molecule has 2 N–H and O–H groups in total. The third-order valence-corrected chi connectivity index (χ3v) is 3.95. The molecule has 8 nitrogen and oxygen atoms in total. The summed E-state index contributed by atoms with van der Waals surface area (Å²) in [6.07, 6.45) is 1.55. The Morgan fingerprint density at radius 3 is 2.89 bits per heavy atom. The minimum Gasteiger partial charge on any atom is -0.481 e. The van der Waals surface area contributed by atoms with Gasteiger partial charge in [-0.25, -0.2) is 9.78 Å². The maximum atomic E-state index is 10.6. The lowest BCUT2D eigenvalue weighted by molar-refractivity contribution is -0.139. The highest BCUT2D eigenvalue weighted by Gasteiger charge is 2.11. The normalized spacial score (nSPS) is 10.6. The van der Waals surface area contributed by atoms with Crippen molar-refractivity contribution in [2.45, 2.75) is 13.5 Å². The van der Waals surface area contributed by atoms with Crippen LogP contribution in [0.15, 0.2) is 33.8 Å². The lowest BCUT2D eigenvalue weighted by atomic mass is 10.1. The first-order chi connectivity index (χ1) is 12.9. The van der Waals surface area contributed by atoms with Crippen LogP contribution < -0.4 is 10.2 Å². The smallest absolute Gasteiger partial charge is 0.341 e. The van der Waals surface area contributed by atoms with Gasteiger partial charge in [-0.2, -0.15) is 10.4 Å². The van der Waals surface area contributed by atoms with Crippen molar-refractivity contribution < 1.29 is 19.4 Å². The number of hydrogen-bond acceptors (Lipinski definition) is 7. The van der Waals surface area contributed by atoms with E-state index in [0.717, 1.165) is 16.8 Å². The number of hydrazone groups is 1. The summed E-state index contributed by atoms with van der Waals surface area (Å²) >= 11 is 3.32. The van der Waals surface area contributed by atoms with Crippen LogP contribution >= 0.6 is 15.9 Å². The molecule has 2 rings (SSSR count). The molecule has 1 aromatic heterocycles. The van der Waals surface area contributed by atoms with Crippen LogP contribution in [0.4, 0.5) is 5.82 Å². The van der Waals surface area contributed by atoms with Crippen LogP contribution in [0.3, 0.4) is 0 Å². The van der Waals surface area contributed by atoms with E-state index in [1.807, 2.05) is 6.92 Å². The summed E-state index contributed by atoms with van der Waals surface area (Å²) in [4.78, 5) is 14.9. The first-order valence-corrected chi connectivity index (χ1v) is 8.56. The number of nitriles is 1. The number of nitrogens with zero attached hydrogens (tertiary/aromatic N) is 3. The van der Waals surface area contributed by atoms with Gasteiger partial charge in [0.1, 0.15) is 17.4 Å². The van der Waals surface area contributed by atoms with E-state index in [-0.39, 0.29) is 0 Å². The molecule has 0 aliphatic carbocycles. The van der Waals surface area contributed by atoms with Crippen molar-refractivity contribution in [3.05, 3.63) is 51.1 Å². The largest absolute Gasteiger partial charge is 0.481 e. The predicted molar refractivity (Wildman–Crippen MR) is 103 cm³/mol. The molecular weight excluding hydrogens is 416 g/mol. The van der Waals surface area contributed by atoms with Gasteiger partial charge in [0.2, 0.25) is 0 Å². The second-order valence-corrected chi connectivity index (χ2v) is 6.29. The molecule has 0 radical (unpaired) electrons. The second kappa shape index (κ2) is 9.66. The van der Waals surface area contributed by atoms with Gasteiger partial charge in [0.25, 0.3) is 0 Å². The minimum absolute atomic E-state index is 0.301. The molecule has 1 heterocycles. The van der Waals surface area contributed by atoms with Gasteiger partial charge in [0, 0.05) is 18.4 Å². The number of nitrogens with one attached hydrogen (secondary N) is 1. The number of ether oxygens (including phenoxy) is 2. The number of rotatable bonds is 8. The van der Waals surface area contributed by atoms with Crippen LogP contribution in [0.25, 0.3) is 0 Å². The fourth-order valence-corrected chi connectivity index (χ4v) is 2.75. The first kappa shape index (κ1) is 20.4. The van der Waals surface area contributed by atoms with E-state index in [2.05, 4.69) is 37.5 Å². The molecule has 0 atom stereocenters. The molecule has 0 aliphatic rings. The summed E-state index contributed by atoms with van der Waals surface area (Å²) in [7, 11) is 1.56. The molecule has 0 saturated heterocycles. The topological polar surface area (TPSA) is 117 Å². The van der Waals surface area contributed by atoms with Crippen molar-refractivity contribution in [3.63, 3.8) is 0 Å². The van der Waals surface area contributed by atoms with Gasteiger partial charge in [0.15, 0.2) is 12.4 Å². The van der Waals surface area contributed by atoms with Crippen LogP contribution in [-0.2, 0) is 16.1 Å². The summed E-state index contributed by atoms with van der Waals surface area (Å²) in [6, 6.07) is 9.00. The van der Waals surface area contributed by atoms with E-state index in [1.165, 1.54) is 0 Å². The van der Waals surface area contributed by atoms with E-state index in [1.54, 1.807) is 37.6 Å². The first-order valence-electron chi connectivity index (χ1n) is 7.77. The number of pyridine rings is 1. The quantitative estimate of drug-likeness (QED) is 0.485. The summed E-state index contributed by atoms with van der Waals surface area (Å²) in [5.74, 6) is -0.288. The van der Waals surface area contributed by atoms with Crippen molar-refractivity contribution in [1.29, 1.82) is 5.26 Å². The number of aryl methyl sites for hydroxylation is 1. The highest BCUT2D eigenvalue weighted by Crippen LogP contribution is 2.25. The number of carbonyl (C=O) groups is 1. The fraction of sp³-hybridized carbons (Fsp3) is 0.222. The van der Waals surface area contributed by atoms with Gasteiger partial charge >= 0.3 is 5.97 Å². The van der Waals surface area contributed by atoms with E-state index in [0.29, 0.717) is 28.2 Å². The molecule has 27 heavy (non-hydrogen) atoms. The molecule has 0 unspecified atom stereocenters. The highest BCUT2D eigenvalue weighted by molar-refractivity contribution is 9.10. The van der Waals surface area contributed by atoms with Crippen LogP contribution in [0.1, 0.15) is 22.4 Å². The zero-order valence-electron chi connectivity index (χ0n) is 14.7. The van der Waals surface area contributed by atoms with Crippen LogP contribution in [0.5, 0.6) is 5.75 Å². The summed E-state index contributed by atoms with van der Waals surface area (Å²) in [5, 5.41) is 22.2. The number of carboxylic acids is 1. The van der Waals surface area contributed by atoms with Gasteiger partial charge in [-0.05, 0) is 52.7 Å². The van der Waals surface area contributed by atoms with Crippen LogP contribution in [0.2, 0.25) is 0 Å². The average molecular weight is 433 g/mol. The Hall–Kier alpha value is -2.96. The predicted octanol–water partition coefficient (Wildman–Crippen LogP) is 3.08. The van der Waals surface area contributed by atoms with E-state index in [4.69, 9.17) is 14.6 Å². The summed E-state index contributed by atoms with van der Waals surface area (Å²) in [6.45, 7) is 1.70. The van der Waals surface area contributed by atoms with E-state index >= 15 is 0 Å². The van der Waals surface area contributed by atoms with Gasteiger partial charge in [0.05, 0.1) is 17.3 Å². The molecule has 2 aromatic rings. The lowest BCUT2D eigenvalue weighted by Gasteiger charge is -2.09. The number of anilines is 1. The number of aromatic nitrogens is 1. The molecule has 1 aromatic carbocycles. The molecule has 0 fully saturated rings. The Morgan fingerprint density at radius 1 is 1.48 bits per heavy atom. The zero-order chi connectivity index (χ0) is 19.8. The van der Waals surface area contributed by atoms with Crippen molar-refractivity contribution in [2.24, 2.45) is 5.10 Å². The Bertz CT molecular complexity index is 909. The highest BCUT2D eigenvalue weighted by atomic mass is 79.9. The number of methoxy groups -OCH3 is 1. The average Bonchev–Trinajstić information content (AvgIpc) is 2.61. The van der Waals surface area contributed by atoms with Gasteiger partial charge in [-0.15, -0.1) is 0 Å². The van der Waals surface area contributed by atoms with Gasteiger partial charge in [-0.1, -0.05) is 0 Å². The molecule has 0 saturated carbocycles. The summed E-state index contributed by atoms with van der Waals surface area (Å²) < 4.78 is 10.9. The second-order valence-electron chi connectivity index (χ2n) is 5.43. The maximum absolute atomic E-state index is 10.6. The van der Waals surface area contributed by atoms with Crippen LogP contribution in [0, 0.1) is 18.3 Å². The van der Waals surface area contributed by atoms with Crippen molar-refractivity contribution in [3.8, 4) is 11.8 Å². The van der Waals surface area contributed by atoms with Gasteiger partial charge < -0.3 is 14.6 Å². The number of benzene rings is 1. The maximum Gasteiger partial charge on any atom is 0.341 e. The molecule has 0 spiro atoms. The van der Waals surface area contributed by atoms with Crippen LogP contribution in [-0.4, -0.2) is 36.0 Å². The molecule has 140 valence electrons. The molecule has 9 heteroatoms. The number of hydrogen-bond donors (Lipinski definition) is 2. The van der Waals surface area contributed by atoms with Crippen molar-refractivity contribution in [1.82, 2.24) is 4.98 Å². The van der Waals surface area contributed by atoms with Gasteiger partial charge in [-0.3, -0.25) is 5.43 Å². The molecular formula is C18H17BrN4O4. The monoisotopic (exact) mass is 432 g/mol. The Balaban J connectivity index is 2.15. The lowest BCUT2D eigenvalue weighted by Crippen LogP contribution is -2.09. The SMILES string of the molecule is COCc1cc(C)nc(N/N=C/c2ccc(OCC(=O)O)c(Br)c2)c1C#N. The number of carboxylic acid groups (broad SMARTS) is 1. The van der Waals surface area contributed by atoms with Crippen molar-refractivity contribution >= 4 is 33.9 Å². The Labute approximate surface area is 164 Å². The van der Waals surface area contributed by atoms with E-state index < -0.39 is 12.6 Å².